The Morgan fingerprint density at radius 3 is 2.38 bits per heavy atom. The fourth-order valence-electron chi connectivity index (χ4n) is 6.55. The predicted molar refractivity (Wildman–Crippen MR) is 201 cm³/mol. The molecule has 15 nitrogen and oxygen atoms in total. The van der Waals surface area contributed by atoms with E-state index in [4.69, 9.17) is 5.73 Å². The Balaban J connectivity index is 1.05. The summed E-state index contributed by atoms with van der Waals surface area (Å²) in [6.45, 7) is 3.25. The molecule has 1 aliphatic heterocycles. The van der Waals surface area contributed by atoms with Crippen LogP contribution in [0.5, 0.6) is 0 Å². The van der Waals surface area contributed by atoms with E-state index in [2.05, 4.69) is 50.8 Å². The number of carbonyl (C=O) groups excluding carboxylic acids is 2. The van der Waals surface area contributed by atoms with Crippen molar-refractivity contribution in [2.75, 3.05) is 29.0 Å². The van der Waals surface area contributed by atoms with Crippen molar-refractivity contribution in [3.63, 3.8) is 0 Å². The number of nitrogen functional groups attached to an aromatic ring is 1. The van der Waals surface area contributed by atoms with Crippen molar-refractivity contribution in [2.24, 2.45) is 0 Å². The zero-order chi connectivity index (χ0) is 38.3. The van der Waals surface area contributed by atoms with E-state index < -0.39 is 29.0 Å². The summed E-state index contributed by atoms with van der Waals surface area (Å²) >= 11 is 0. The van der Waals surface area contributed by atoms with Crippen LogP contribution in [0.3, 0.4) is 0 Å². The highest BCUT2D eigenvalue weighted by Crippen LogP contribution is 2.29. The van der Waals surface area contributed by atoms with Crippen LogP contribution in [0.2, 0.25) is 0 Å². The van der Waals surface area contributed by atoms with Crippen molar-refractivity contribution < 1.29 is 23.5 Å². The summed E-state index contributed by atoms with van der Waals surface area (Å²) in [5.74, 6) is -2.59. The molecule has 55 heavy (non-hydrogen) atoms. The Morgan fingerprint density at radius 1 is 0.836 bits per heavy atom. The maximum Gasteiger partial charge on any atom is 0.271 e. The van der Waals surface area contributed by atoms with Gasteiger partial charge < -0.3 is 36.1 Å². The van der Waals surface area contributed by atoms with Gasteiger partial charge in [-0.2, -0.15) is 0 Å². The summed E-state index contributed by atoms with van der Waals surface area (Å²) in [6, 6.07) is 17.7. The van der Waals surface area contributed by atoms with Gasteiger partial charge in [-0.25, -0.2) is 38.7 Å². The smallest absolute Gasteiger partial charge is 0.271 e. The maximum atomic E-state index is 15.6. The lowest BCUT2D eigenvalue weighted by atomic mass is 9.94. The standard InChI is InChI=1S/C38H34F2N12O3/c1-38(55)11-13-51(14-12-38)29-10-2-5-21(45-29)17-43-35(54)33-26-15-22(16-28(40)31(26)47-36(41)48-33)46-37-49-30-25(8-4-9-27(30)39)32(50-37)34(53)44-19-24-7-3-6-23-18-42-20-52(23)24/h2-10,15-16,18,20,55H,11-14,17,19H2,1H3,(H,43,54)(H,44,53)(H2,41,47,48)(H,46,49,50). The van der Waals surface area contributed by atoms with Gasteiger partial charge >= 0.3 is 0 Å². The largest absolute Gasteiger partial charge is 0.390 e. The molecule has 1 saturated heterocycles. The molecule has 0 spiro atoms. The van der Waals surface area contributed by atoms with Gasteiger partial charge in [-0.3, -0.25) is 9.59 Å². The van der Waals surface area contributed by atoms with E-state index in [0.29, 0.717) is 31.6 Å². The summed E-state index contributed by atoms with van der Waals surface area (Å²) in [4.78, 5) is 54.9. The van der Waals surface area contributed by atoms with Gasteiger partial charge in [0.2, 0.25) is 11.9 Å². The minimum Gasteiger partial charge on any atom is -0.390 e. The number of nitrogens with one attached hydrogen (secondary N) is 3. The van der Waals surface area contributed by atoms with E-state index >= 15 is 8.78 Å². The lowest BCUT2D eigenvalue weighted by molar-refractivity contribution is 0.0350. The molecule has 0 radical (unpaired) electrons. The zero-order valence-corrected chi connectivity index (χ0v) is 29.4. The molecular weight excluding hydrogens is 710 g/mol. The van der Waals surface area contributed by atoms with Crippen molar-refractivity contribution in [3.05, 3.63) is 114 Å². The first-order valence-corrected chi connectivity index (χ1v) is 17.4. The number of fused-ring (bicyclic) bond motifs is 3. The molecule has 1 fully saturated rings. The van der Waals surface area contributed by atoms with Crippen molar-refractivity contribution in [1.29, 1.82) is 0 Å². The van der Waals surface area contributed by atoms with Crippen molar-refractivity contribution >= 4 is 62.5 Å². The van der Waals surface area contributed by atoms with Crippen LogP contribution in [0.4, 0.5) is 32.2 Å². The van der Waals surface area contributed by atoms with Crippen LogP contribution in [0, 0.1) is 11.6 Å². The number of piperidine rings is 1. The molecule has 0 atom stereocenters. The number of anilines is 4. The number of hydrogen-bond donors (Lipinski definition) is 5. The number of hydrogen-bond acceptors (Lipinski definition) is 12. The summed E-state index contributed by atoms with van der Waals surface area (Å²) in [5, 5.41) is 19.0. The topological polar surface area (TPSA) is 201 Å². The minimum atomic E-state index is -0.836. The number of imidazole rings is 1. The molecule has 17 heteroatoms. The van der Waals surface area contributed by atoms with Gasteiger partial charge in [-0.1, -0.05) is 24.3 Å². The molecular formula is C38H34F2N12O3. The molecule has 6 N–H and O–H groups in total. The third-order valence-corrected chi connectivity index (χ3v) is 9.48. The van der Waals surface area contributed by atoms with Gasteiger partial charge in [-0.05, 0) is 62.2 Å². The van der Waals surface area contributed by atoms with E-state index in [-0.39, 0.29) is 63.9 Å². The van der Waals surface area contributed by atoms with Crippen LogP contribution in [0.15, 0.2) is 79.3 Å². The maximum absolute atomic E-state index is 15.6. The SMILES string of the molecule is CC1(O)CCN(c2cccc(CNC(=O)c3nc(N)nc4c(F)cc(Nc5nc(C(=O)NCc6cccc7cncn67)c6cccc(F)c6n5)cc34)n2)CC1. The van der Waals surface area contributed by atoms with Gasteiger partial charge in [0.05, 0.1) is 42.4 Å². The van der Waals surface area contributed by atoms with Crippen LogP contribution in [0.1, 0.15) is 52.1 Å². The van der Waals surface area contributed by atoms with Gasteiger partial charge in [0.15, 0.2) is 5.82 Å². The third-order valence-electron chi connectivity index (χ3n) is 9.48. The third kappa shape index (κ3) is 7.24. The number of nitrogens with zero attached hydrogens (tertiary/aromatic N) is 8. The van der Waals surface area contributed by atoms with Crippen molar-refractivity contribution in [2.45, 2.75) is 38.5 Å². The number of rotatable bonds is 9. The van der Waals surface area contributed by atoms with Crippen LogP contribution >= 0.6 is 0 Å². The molecule has 2 aromatic carbocycles. The Hall–Kier alpha value is -6.88. The fourth-order valence-corrected chi connectivity index (χ4v) is 6.55. The molecule has 2 amide bonds. The first-order valence-electron chi connectivity index (χ1n) is 17.4. The molecule has 0 bridgehead atoms. The number of carbonyl (C=O) groups is 2. The monoisotopic (exact) mass is 744 g/mol. The summed E-state index contributed by atoms with van der Waals surface area (Å²) < 4.78 is 32.6. The summed E-state index contributed by atoms with van der Waals surface area (Å²) in [6.07, 6.45) is 4.54. The Kier molecular flexibility index (Phi) is 9.06. The number of nitrogens with two attached hydrogens (primary N) is 1. The van der Waals surface area contributed by atoms with Gasteiger partial charge in [-0.15, -0.1) is 0 Å². The van der Waals surface area contributed by atoms with E-state index in [9.17, 15) is 14.7 Å². The molecule has 0 aliphatic carbocycles. The number of para-hydroxylation sites is 1. The lowest BCUT2D eigenvalue weighted by Crippen LogP contribution is -2.42. The average molecular weight is 745 g/mol. The van der Waals surface area contributed by atoms with Crippen molar-refractivity contribution in [3.8, 4) is 0 Å². The molecule has 6 heterocycles. The fraction of sp³-hybridized carbons (Fsp3) is 0.211. The second kappa shape index (κ2) is 14.2. The Morgan fingerprint density at radius 2 is 1.56 bits per heavy atom. The van der Waals surface area contributed by atoms with E-state index in [1.54, 1.807) is 18.6 Å². The van der Waals surface area contributed by atoms with Crippen LogP contribution in [-0.4, -0.2) is 69.9 Å². The number of aliphatic hydroxyl groups is 1. The highest BCUT2D eigenvalue weighted by Gasteiger charge is 2.28. The first kappa shape index (κ1) is 35.2. The van der Waals surface area contributed by atoms with Gasteiger partial charge in [0, 0.05) is 35.2 Å². The normalized spacial score (nSPS) is 14.0. The van der Waals surface area contributed by atoms with E-state index in [1.807, 2.05) is 41.7 Å². The molecule has 5 aromatic heterocycles. The van der Waals surface area contributed by atoms with Crippen LogP contribution in [-0.2, 0) is 13.1 Å². The highest BCUT2D eigenvalue weighted by molar-refractivity contribution is 6.06. The Labute approximate surface area is 311 Å². The summed E-state index contributed by atoms with van der Waals surface area (Å²) in [5.41, 5.74) is 6.76. The van der Waals surface area contributed by atoms with Crippen LogP contribution < -0.4 is 26.6 Å². The number of amides is 2. The molecule has 278 valence electrons. The second-order valence-corrected chi connectivity index (χ2v) is 13.5. The first-order chi connectivity index (χ1) is 26.5. The predicted octanol–water partition coefficient (Wildman–Crippen LogP) is 4.43. The summed E-state index contributed by atoms with van der Waals surface area (Å²) in [7, 11) is 0. The number of benzene rings is 2. The number of aromatic nitrogens is 7. The molecule has 8 rings (SSSR count). The molecule has 0 unspecified atom stereocenters. The molecule has 7 aromatic rings. The Bertz CT molecular complexity index is 2620. The average Bonchev–Trinajstić information content (AvgIpc) is 3.66. The second-order valence-electron chi connectivity index (χ2n) is 13.5. The lowest BCUT2D eigenvalue weighted by Gasteiger charge is -2.36. The quantitative estimate of drug-likeness (QED) is 0.139. The van der Waals surface area contributed by atoms with Gasteiger partial charge in [0.1, 0.15) is 34.1 Å². The number of pyridine rings is 2. The molecule has 0 saturated carbocycles. The number of halogens is 2. The van der Waals surface area contributed by atoms with Crippen molar-refractivity contribution in [1.82, 2.24) is 44.9 Å². The van der Waals surface area contributed by atoms with Gasteiger partial charge in [0.25, 0.3) is 11.8 Å². The van der Waals surface area contributed by atoms with E-state index in [0.717, 1.165) is 23.1 Å². The highest BCUT2D eigenvalue weighted by atomic mass is 19.1. The van der Waals surface area contributed by atoms with Crippen LogP contribution in [0.25, 0.3) is 27.3 Å². The molecule has 1 aliphatic rings. The zero-order valence-electron chi connectivity index (χ0n) is 29.4. The van der Waals surface area contributed by atoms with E-state index in [1.165, 1.54) is 24.3 Å². The minimum absolute atomic E-state index is 0.0230.